The Morgan fingerprint density at radius 3 is 2.76 bits per heavy atom. The monoisotopic (exact) mass is 479 g/mol. The molecule has 2 N–H and O–H groups in total. The Hall–Kier alpha value is -0.340. The molecule has 1 aromatic rings. The van der Waals surface area contributed by atoms with E-state index in [9.17, 15) is 0 Å². The summed E-state index contributed by atoms with van der Waals surface area (Å²) in [5.41, 5.74) is 0. The second kappa shape index (κ2) is 14.8. The number of ether oxygens (including phenoxy) is 1. The molecule has 1 fully saturated rings. The highest BCUT2D eigenvalue weighted by molar-refractivity contribution is 14.0. The summed E-state index contributed by atoms with van der Waals surface area (Å²) in [6, 6.07) is 4.20. The summed E-state index contributed by atoms with van der Waals surface area (Å²) in [6.45, 7) is 5.65. The van der Waals surface area contributed by atoms with Gasteiger partial charge in [0.25, 0.3) is 0 Å². The molecule has 0 bridgehead atoms. The topological polar surface area (TPSA) is 45.7 Å². The molecule has 0 amide bonds. The van der Waals surface area contributed by atoms with Crippen LogP contribution in [0.15, 0.2) is 22.5 Å². The molecule has 1 aromatic heterocycles. The molecule has 25 heavy (non-hydrogen) atoms. The first kappa shape index (κ1) is 22.7. The SMILES string of the molecule is CCNC(=NCc1cccs1)NCCCCCOC1CCCCC1.I. The molecule has 1 heterocycles. The van der Waals surface area contributed by atoms with Crippen molar-refractivity contribution in [2.45, 2.75) is 70.9 Å². The van der Waals surface area contributed by atoms with E-state index in [0.29, 0.717) is 6.10 Å². The fourth-order valence-corrected chi connectivity index (χ4v) is 3.62. The number of nitrogens with zero attached hydrogens (tertiary/aromatic N) is 1. The molecule has 0 atom stereocenters. The average molecular weight is 479 g/mol. The van der Waals surface area contributed by atoms with E-state index in [-0.39, 0.29) is 24.0 Å². The fourth-order valence-electron chi connectivity index (χ4n) is 2.99. The van der Waals surface area contributed by atoms with Gasteiger partial charge in [0.1, 0.15) is 0 Å². The molecule has 0 aliphatic heterocycles. The number of nitrogens with one attached hydrogen (secondary N) is 2. The van der Waals surface area contributed by atoms with Crippen LogP contribution < -0.4 is 10.6 Å². The molecule has 0 saturated heterocycles. The molecular formula is C19H34IN3OS. The van der Waals surface area contributed by atoms with Crippen LogP contribution >= 0.6 is 35.3 Å². The summed E-state index contributed by atoms with van der Waals surface area (Å²) < 4.78 is 5.97. The van der Waals surface area contributed by atoms with Crippen LogP contribution in [0.5, 0.6) is 0 Å². The van der Waals surface area contributed by atoms with Crippen molar-refractivity contribution in [2.75, 3.05) is 19.7 Å². The van der Waals surface area contributed by atoms with E-state index in [0.717, 1.165) is 38.6 Å². The number of halogens is 1. The van der Waals surface area contributed by atoms with Crippen LogP contribution in [0.25, 0.3) is 0 Å². The highest BCUT2D eigenvalue weighted by Gasteiger charge is 2.12. The molecule has 1 saturated carbocycles. The zero-order valence-electron chi connectivity index (χ0n) is 15.5. The lowest BCUT2D eigenvalue weighted by Crippen LogP contribution is -2.37. The van der Waals surface area contributed by atoms with E-state index >= 15 is 0 Å². The predicted molar refractivity (Wildman–Crippen MR) is 119 cm³/mol. The third-order valence-corrected chi connectivity index (χ3v) is 5.20. The molecule has 6 heteroatoms. The van der Waals surface area contributed by atoms with Gasteiger partial charge in [-0.2, -0.15) is 0 Å². The van der Waals surface area contributed by atoms with Crippen molar-refractivity contribution < 1.29 is 4.74 Å². The lowest BCUT2D eigenvalue weighted by atomic mass is 9.98. The van der Waals surface area contributed by atoms with E-state index in [4.69, 9.17) is 4.74 Å². The highest BCUT2D eigenvalue weighted by atomic mass is 127. The predicted octanol–water partition coefficient (Wildman–Crippen LogP) is 4.94. The maximum Gasteiger partial charge on any atom is 0.191 e. The van der Waals surface area contributed by atoms with Crippen LogP contribution in [0.4, 0.5) is 0 Å². The van der Waals surface area contributed by atoms with Crippen LogP contribution in [0.1, 0.15) is 63.2 Å². The second-order valence-corrected chi connectivity index (χ2v) is 7.43. The van der Waals surface area contributed by atoms with Gasteiger partial charge < -0.3 is 15.4 Å². The summed E-state index contributed by atoms with van der Waals surface area (Å²) in [6.07, 6.45) is 10.7. The summed E-state index contributed by atoms with van der Waals surface area (Å²) in [7, 11) is 0. The van der Waals surface area contributed by atoms with Gasteiger partial charge in [0.15, 0.2) is 5.96 Å². The maximum absolute atomic E-state index is 5.97. The Morgan fingerprint density at radius 1 is 1.20 bits per heavy atom. The lowest BCUT2D eigenvalue weighted by Gasteiger charge is -2.21. The molecule has 0 radical (unpaired) electrons. The van der Waals surface area contributed by atoms with E-state index in [1.54, 1.807) is 11.3 Å². The summed E-state index contributed by atoms with van der Waals surface area (Å²) in [4.78, 5) is 5.93. The van der Waals surface area contributed by atoms with Crippen LogP contribution in [-0.2, 0) is 11.3 Å². The minimum atomic E-state index is 0. The van der Waals surface area contributed by atoms with Crippen molar-refractivity contribution in [3.63, 3.8) is 0 Å². The Labute approximate surface area is 174 Å². The standard InChI is InChI=1S/C19H33N3OS.HI/c1-2-20-19(22-16-18-12-9-15-24-18)21-13-7-4-8-14-23-17-10-5-3-6-11-17;/h9,12,15,17H,2-8,10-11,13-14,16H2,1H3,(H2,20,21,22);1H. The number of thiophene rings is 1. The number of unbranched alkanes of at least 4 members (excludes halogenated alkanes) is 2. The van der Waals surface area contributed by atoms with E-state index in [2.05, 4.69) is 40.1 Å². The lowest BCUT2D eigenvalue weighted by molar-refractivity contribution is 0.0264. The van der Waals surface area contributed by atoms with Crippen molar-refractivity contribution in [1.29, 1.82) is 0 Å². The molecule has 2 rings (SSSR count). The molecular weight excluding hydrogens is 445 g/mol. The van der Waals surface area contributed by atoms with Gasteiger partial charge in [-0.3, -0.25) is 0 Å². The quantitative estimate of drug-likeness (QED) is 0.216. The van der Waals surface area contributed by atoms with Gasteiger partial charge in [0.2, 0.25) is 0 Å². The van der Waals surface area contributed by atoms with Crippen molar-refractivity contribution in [3.05, 3.63) is 22.4 Å². The number of guanidine groups is 1. The number of aliphatic imine (C=N–C) groups is 1. The van der Waals surface area contributed by atoms with Gasteiger partial charge in [0.05, 0.1) is 12.6 Å². The summed E-state index contributed by atoms with van der Waals surface area (Å²) in [5.74, 6) is 0.921. The van der Waals surface area contributed by atoms with Gasteiger partial charge in [0, 0.05) is 24.6 Å². The zero-order valence-corrected chi connectivity index (χ0v) is 18.6. The van der Waals surface area contributed by atoms with Crippen LogP contribution in [0, 0.1) is 0 Å². The van der Waals surface area contributed by atoms with Gasteiger partial charge in [-0.15, -0.1) is 35.3 Å². The Bertz CT molecular complexity index is 448. The van der Waals surface area contributed by atoms with Crippen molar-refractivity contribution >= 4 is 41.3 Å². The molecule has 0 aromatic carbocycles. The second-order valence-electron chi connectivity index (χ2n) is 6.39. The smallest absolute Gasteiger partial charge is 0.191 e. The summed E-state index contributed by atoms with van der Waals surface area (Å²) in [5, 5.41) is 8.83. The van der Waals surface area contributed by atoms with Crippen molar-refractivity contribution in [2.24, 2.45) is 4.99 Å². The van der Waals surface area contributed by atoms with Crippen LogP contribution in [-0.4, -0.2) is 31.8 Å². The first-order chi connectivity index (χ1) is 11.9. The third kappa shape index (κ3) is 10.4. The van der Waals surface area contributed by atoms with Crippen LogP contribution in [0.2, 0.25) is 0 Å². The fraction of sp³-hybridized carbons (Fsp3) is 0.737. The largest absolute Gasteiger partial charge is 0.378 e. The van der Waals surface area contributed by atoms with Gasteiger partial charge in [-0.05, 0) is 50.5 Å². The molecule has 1 aliphatic carbocycles. The Morgan fingerprint density at radius 2 is 2.04 bits per heavy atom. The number of hydrogen-bond donors (Lipinski definition) is 2. The van der Waals surface area contributed by atoms with E-state index in [1.165, 1.54) is 49.8 Å². The maximum atomic E-state index is 5.97. The molecule has 144 valence electrons. The highest BCUT2D eigenvalue weighted by Crippen LogP contribution is 2.20. The van der Waals surface area contributed by atoms with Gasteiger partial charge >= 0.3 is 0 Å². The Balaban J connectivity index is 0.00000312. The third-order valence-electron chi connectivity index (χ3n) is 4.34. The minimum absolute atomic E-state index is 0. The zero-order chi connectivity index (χ0) is 16.9. The van der Waals surface area contributed by atoms with E-state index < -0.39 is 0 Å². The Kier molecular flexibility index (Phi) is 13.4. The average Bonchev–Trinajstić information content (AvgIpc) is 3.13. The number of hydrogen-bond acceptors (Lipinski definition) is 3. The van der Waals surface area contributed by atoms with Crippen molar-refractivity contribution in [3.8, 4) is 0 Å². The minimum Gasteiger partial charge on any atom is -0.378 e. The van der Waals surface area contributed by atoms with Gasteiger partial charge in [-0.25, -0.2) is 4.99 Å². The van der Waals surface area contributed by atoms with Crippen molar-refractivity contribution in [1.82, 2.24) is 10.6 Å². The molecule has 0 spiro atoms. The van der Waals surface area contributed by atoms with Crippen LogP contribution in [0.3, 0.4) is 0 Å². The summed E-state index contributed by atoms with van der Waals surface area (Å²) >= 11 is 1.76. The first-order valence-electron chi connectivity index (χ1n) is 9.54. The van der Waals surface area contributed by atoms with Gasteiger partial charge in [-0.1, -0.05) is 25.3 Å². The molecule has 4 nitrogen and oxygen atoms in total. The van der Waals surface area contributed by atoms with E-state index in [1.807, 2.05) is 0 Å². The first-order valence-corrected chi connectivity index (χ1v) is 10.4. The molecule has 1 aliphatic rings. The molecule has 0 unspecified atom stereocenters. The normalized spacial score (nSPS) is 15.6. The number of rotatable bonds is 10.